The van der Waals surface area contributed by atoms with Crippen LogP contribution in [0.5, 0.6) is 0 Å². The Morgan fingerprint density at radius 2 is 0.694 bits per heavy atom. The average molecular weight is 1280 g/mol. The smallest absolute Gasteiger partial charge is 0.252 e. The highest BCUT2D eigenvalue weighted by molar-refractivity contribution is 7.00. The zero-order chi connectivity index (χ0) is 93.4. The van der Waals surface area contributed by atoms with Gasteiger partial charge in [-0.25, -0.2) is 0 Å². The maximum Gasteiger partial charge on any atom is 0.252 e. The first-order chi connectivity index (χ1) is 62.8. The van der Waals surface area contributed by atoms with Crippen LogP contribution < -0.4 is 26.2 Å². The van der Waals surface area contributed by atoms with E-state index in [9.17, 15) is 38.4 Å². The number of hydrogen-bond acceptors (Lipinski definition) is 5. The number of furan rings is 3. The first-order valence-corrected chi connectivity index (χ1v) is 30.8. The molecule has 7 heterocycles. The van der Waals surface area contributed by atoms with Gasteiger partial charge in [0.15, 0.2) is 11.2 Å². The standard InChI is InChI=1S/C90H53BN4O3/c1-3-21-54(22-4-1)57-46-70-67-30-12-19-37-85(67)97-89(70)82(50-57)94-78-52-60(92-74-32-14-7-25-62(74)63-26-8-15-33-75(63)92)40-42-72(78)91-73-43-41-61(93-76-34-16-9-27-64(76)65-28-10-17-35-77(65)93)53-79(73)95(83-51-58(55-23-5-2-6-24-55)47-71-68-31-13-20-38-86(68)98-90(71)83)81-49-59(48-80(94)88(81)91)56-39-44-87-69(45-56)66-29-11-18-36-84(66)96-87/h1-53H/i7D,8D,9D,10D,12D,13D,14D,15D,16D,17D,19D,20D,25D,26D,27D,28D,30D,31D,32D,33D,34D,35D,37D,38D,40D,41D,42D,43D,46D,47D,50D,51D,52D,53D. The van der Waals surface area contributed by atoms with E-state index in [0.717, 1.165) is 9.13 Å². The summed E-state index contributed by atoms with van der Waals surface area (Å²) < 4.78 is 360. The van der Waals surface area contributed by atoms with E-state index in [1.54, 1.807) is 78.9 Å². The van der Waals surface area contributed by atoms with Crippen molar-refractivity contribution in [3.63, 3.8) is 0 Å². The van der Waals surface area contributed by atoms with Crippen molar-refractivity contribution >= 4 is 167 Å². The van der Waals surface area contributed by atoms with E-state index >= 15 is 0 Å². The minimum Gasteiger partial charge on any atom is -0.456 e. The highest BCUT2D eigenvalue weighted by Crippen LogP contribution is 2.53. The summed E-state index contributed by atoms with van der Waals surface area (Å²) in [5.74, 6) is 0. The number of anilines is 6. The third kappa shape index (κ3) is 7.59. The molecule has 0 saturated heterocycles. The summed E-state index contributed by atoms with van der Waals surface area (Å²) in [6.45, 7) is -2.16. The maximum atomic E-state index is 11.6. The molecule has 15 aromatic carbocycles. The number of hydrogen-bond donors (Lipinski definition) is 0. The van der Waals surface area contributed by atoms with E-state index in [1.807, 2.05) is 0 Å². The Kier molecular flexibility index (Phi) is 6.32. The second-order valence-electron chi connectivity index (χ2n) is 23.6. The Balaban J connectivity index is 1.03. The molecule has 0 radical (unpaired) electrons. The van der Waals surface area contributed by atoms with Gasteiger partial charge in [0.2, 0.25) is 0 Å². The molecule has 0 N–H and O–H groups in total. The largest absolute Gasteiger partial charge is 0.456 e. The molecule has 0 saturated carbocycles. The fourth-order valence-electron chi connectivity index (χ4n) is 14.3. The maximum absolute atomic E-state index is 11.6. The quantitative estimate of drug-likeness (QED) is 0.149. The third-order valence-corrected chi connectivity index (χ3v) is 18.4. The van der Waals surface area contributed by atoms with Crippen LogP contribution in [-0.4, -0.2) is 15.8 Å². The summed E-state index contributed by atoms with van der Waals surface area (Å²) in [5.41, 5.74) is -11.3. The van der Waals surface area contributed by atoms with E-state index in [2.05, 4.69) is 0 Å². The molecule has 0 atom stereocenters. The van der Waals surface area contributed by atoms with Crippen molar-refractivity contribution in [1.29, 1.82) is 0 Å². The number of para-hydroxylation sites is 7. The van der Waals surface area contributed by atoms with Crippen LogP contribution in [0.15, 0.2) is 334 Å². The summed E-state index contributed by atoms with van der Waals surface area (Å²) in [6.07, 6.45) is 0. The minimum absolute atomic E-state index is 0.0185. The van der Waals surface area contributed by atoms with Crippen molar-refractivity contribution in [1.82, 2.24) is 9.13 Å². The second-order valence-corrected chi connectivity index (χ2v) is 23.6. The van der Waals surface area contributed by atoms with Crippen LogP contribution in [0, 0.1) is 0 Å². The topological polar surface area (TPSA) is 55.8 Å². The van der Waals surface area contributed by atoms with Crippen LogP contribution in [0.25, 0.3) is 154 Å². The number of fused-ring (bicyclic) bond motifs is 19. The summed E-state index contributed by atoms with van der Waals surface area (Å²) >= 11 is 0. The highest BCUT2D eigenvalue weighted by Gasteiger charge is 2.45. The van der Waals surface area contributed by atoms with Crippen molar-refractivity contribution in [2.75, 3.05) is 9.80 Å². The summed E-state index contributed by atoms with van der Waals surface area (Å²) in [7, 11) is 0. The monoisotopic (exact) mass is 1280 g/mol. The van der Waals surface area contributed by atoms with Crippen molar-refractivity contribution in [3.05, 3.63) is 321 Å². The van der Waals surface area contributed by atoms with E-state index < -0.39 is 345 Å². The normalized spacial score (nSPS) is 17.7. The lowest BCUT2D eigenvalue weighted by atomic mass is 9.33. The fourth-order valence-corrected chi connectivity index (χ4v) is 14.3. The van der Waals surface area contributed by atoms with Gasteiger partial charge in [0.25, 0.3) is 6.71 Å². The lowest BCUT2D eigenvalue weighted by Gasteiger charge is -2.44. The predicted octanol–water partition coefficient (Wildman–Crippen LogP) is 22.7. The second kappa shape index (κ2) is 20.2. The number of aromatic nitrogens is 2. The molecule has 2 aliphatic heterocycles. The molecular formula is C90H53BN4O3. The van der Waals surface area contributed by atoms with E-state index in [4.69, 9.17) is 21.5 Å². The molecule has 20 aromatic rings. The van der Waals surface area contributed by atoms with Gasteiger partial charge in [-0.3, -0.25) is 0 Å². The van der Waals surface area contributed by atoms with Gasteiger partial charge >= 0.3 is 0 Å². The Bertz CT molecular complexity index is 8330. The van der Waals surface area contributed by atoms with Gasteiger partial charge in [-0.1, -0.05) is 206 Å². The molecule has 2 aliphatic rings. The predicted molar refractivity (Wildman–Crippen MR) is 407 cm³/mol. The molecule has 0 bridgehead atoms. The minimum atomic E-state index is -2.16. The number of benzene rings is 15. The van der Waals surface area contributed by atoms with E-state index in [0.29, 0.717) is 21.9 Å². The fraction of sp³-hybridized carbons (Fsp3) is 0. The van der Waals surface area contributed by atoms with Crippen LogP contribution in [0.2, 0.25) is 0 Å². The molecule has 0 spiro atoms. The molecule has 0 amide bonds. The first kappa shape index (κ1) is 30.6. The third-order valence-electron chi connectivity index (χ3n) is 18.4. The molecule has 5 aromatic heterocycles. The van der Waals surface area contributed by atoms with Gasteiger partial charge in [-0.05, 0) is 165 Å². The molecule has 7 nitrogen and oxygen atoms in total. The van der Waals surface area contributed by atoms with Crippen LogP contribution >= 0.6 is 0 Å². The van der Waals surface area contributed by atoms with Gasteiger partial charge in [-0.15, -0.1) is 0 Å². The SMILES string of the molecule is [2H]c1c([2H])c(-n2c3c([2H])c([2H])c([2H])c([2H])c3c3c([2H])c([2H])c([2H])c([2H])c32)c([2H])c2c1B1c3c(cc(-c4ccc5oc6ccccc6c5c4)cc3N(c3c([2H])c(-c4ccccc4)c([2H])c4c3oc3c([2H])c([2H])c([2H])c([2H])c34)c3c([2H])c(-n4c5c([2H])c([2H])c([2H])c([2H])c5c5c([2H])c([2H])c([2H])c([2H])c54)c([2H])c([2H])c31)N2c1c([2H])c(-c2ccccc2)c([2H])c2c1oc1c([2H])c([2H])c([2H])c([2H])c12. The highest BCUT2D eigenvalue weighted by atomic mass is 16.3. The first-order valence-electron chi connectivity index (χ1n) is 47.8. The Morgan fingerprint density at radius 1 is 0.265 bits per heavy atom. The Morgan fingerprint density at radius 3 is 1.18 bits per heavy atom. The average Bonchev–Trinajstić information content (AvgIpc) is 1.10. The van der Waals surface area contributed by atoms with Crippen LogP contribution in [0.3, 0.4) is 0 Å². The summed E-state index contributed by atoms with van der Waals surface area (Å²) in [4.78, 5) is 2.34. The van der Waals surface area contributed by atoms with E-state index in [-0.39, 0.29) is 50.2 Å². The molecule has 0 unspecified atom stereocenters. The van der Waals surface area contributed by atoms with Crippen molar-refractivity contribution in [2.24, 2.45) is 0 Å². The molecular weight excluding hydrogens is 1200 g/mol. The van der Waals surface area contributed by atoms with Gasteiger partial charge in [0.1, 0.15) is 22.3 Å². The zero-order valence-corrected chi connectivity index (χ0v) is 50.1. The van der Waals surface area contributed by atoms with Crippen LogP contribution in [0.1, 0.15) is 46.6 Å². The molecule has 8 heteroatoms. The number of rotatable bonds is 7. The molecule has 0 fully saturated rings. The van der Waals surface area contributed by atoms with Crippen LogP contribution in [0.4, 0.5) is 34.1 Å². The lowest BCUT2D eigenvalue weighted by Crippen LogP contribution is -2.61. The Hall–Kier alpha value is -13.0. The van der Waals surface area contributed by atoms with Gasteiger partial charge in [-0.2, -0.15) is 0 Å². The molecule has 22 rings (SSSR count). The molecule has 0 aliphatic carbocycles. The van der Waals surface area contributed by atoms with Gasteiger partial charge in [0, 0.05) is 88.0 Å². The van der Waals surface area contributed by atoms with Crippen molar-refractivity contribution in [3.8, 4) is 44.8 Å². The zero-order valence-electron chi connectivity index (χ0n) is 84.1. The summed E-state index contributed by atoms with van der Waals surface area (Å²) in [5, 5.41) is -2.87. The Labute approximate surface area is 609 Å². The molecule has 454 valence electrons. The van der Waals surface area contributed by atoms with Crippen molar-refractivity contribution < 1.29 is 59.9 Å². The van der Waals surface area contributed by atoms with E-state index in [1.165, 1.54) is 46.2 Å². The number of nitrogens with zero attached hydrogens (tertiary/aromatic N) is 4. The van der Waals surface area contributed by atoms with Crippen LogP contribution in [-0.2, 0) is 0 Å². The van der Waals surface area contributed by atoms with Gasteiger partial charge < -0.3 is 32.2 Å². The van der Waals surface area contributed by atoms with Gasteiger partial charge in [0.05, 0.1) is 80.0 Å². The lowest BCUT2D eigenvalue weighted by molar-refractivity contribution is 0.668. The molecule has 98 heavy (non-hydrogen) atoms. The van der Waals surface area contributed by atoms with Crippen molar-refractivity contribution in [2.45, 2.75) is 0 Å². The summed E-state index contributed by atoms with van der Waals surface area (Å²) in [6, 6.07) is 0.598.